The standard InChI is InChI=1S/C22H29N5O3S2/c1-13(2)11-27-19(15(4)30-18-10-8-7-9-17(18)29-6)25-26-22(27)32-16(5)20(28)24-21-23-14(3)12-31-21/h7-10,12-13,15-16H,11H2,1-6H3,(H,23,24,28). The first-order chi connectivity index (χ1) is 15.3. The molecule has 2 unspecified atom stereocenters. The van der Waals surface area contributed by atoms with Gasteiger partial charge in [-0.3, -0.25) is 4.79 Å². The summed E-state index contributed by atoms with van der Waals surface area (Å²) < 4.78 is 13.6. The van der Waals surface area contributed by atoms with Crippen molar-refractivity contribution in [1.82, 2.24) is 19.7 Å². The van der Waals surface area contributed by atoms with Gasteiger partial charge < -0.3 is 19.4 Å². The zero-order valence-corrected chi connectivity index (χ0v) is 20.8. The molecule has 2 heterocycles. The third-order valence-electron chi connectivity index (χ3n) is 4.53. The SMILES string of the molecule is COc1ccccc1OC(C)c1nnc(SC(C)C(=O)Nc2nc(C)cs2)n1CC(C)C. The van der Waals surface area contributed by atoms with Gasteiger partial charge in [-0.05, 0) is 38.8 Å². The number of anilines is 1. The molecule has 0 radical (unpaired) electrons. The maximum Gasteiger partial charge on any atom is 0.239 e. The predicted molar refractivity (Wildman–Crippen MR) is 128 cm³/mol. The molecule has 32 heavy (non-hydrogen) atoms. The zero-order chi connectivity index (χ0) is 23.3. The van der Waals surface area contributed by atoms with Crippen LogP contribution in [0.25, 0.3) is 0 Å². The molecule has 0 aliphatic carbocycles. The molecule has 2 atom stereocenters. The number of amides is 1. The summed E-state index contributed by atoms with van der Waals surface area (Å²) in [5.41, 5.74) is 0.885. The number of para-hydroxylation sites is 2. The predicted octanol–water partition coefficient (Wildman–Crippen LogP) is 4.97. The molecule has 1 aromatic carbocycles. The molecular formula is C22H29N5O3S2. The van der Waals surface area contributed by atoms with Crippen LogP contribution in [0, 0.1) is 12.8 Å². The number of hydrogen-bond acceptors (Lipinski definition) is 8. The fraction of sp³-hybridized carbons (Fsp3) is 0.455. The minimum absolute atomic E-state index is 0.122. The number of carbonyl (C=O) groups excluding carboxylic acids is 1. The Bertz CT molecular complexity index is 1050. The van der Waals surface area contributed by atoms with Gasteiger partial charge in [-0.25, -0.2) is 4.98 Å². The van der Waals surface area contributed by atoms with Crippen LogP contribution in [-0.4, -0.2) is 38.0 Å². The number of methoxy groups -OCH3 is 1. The average molecular weight is 476 g/mol. The zero-order valence-electron chi connectivity index (χ0n) is 19.2. The monoisotopic (exact) mass is 475 g/mol. The van der Waals surface area contributed by atoms with Gasteiger partial charge in [0.1, 0.15) is 0 Å². The summed E-state index contributed by atoms with van der Waals surface area (Å²) in [5.74, 6) is 2.25. The topological polar surface area (TPSA) is 91.2 Å². The average Bonchev–Trinajstić information content (AvgIpc) is 3.33. The van der Waals surface area contributed by atoms with Crippen LogP contribution in [-0.2, 0) is 11.3 Å². The lowest BCUT2D eigenvalue weighted by Gasteiger charge is -2.19. The van der Waals surface area contributed by atoms with Crippen LogP contribution in [0.5, 0.6) is 11.5 Å². The van der Waals surface area contributed by atoms with Gasteiger partial charge in [-0.1, -0.05) is 37.7 Å². The smallest absolute Gasteiger partial charge is 0.239 e. The molecule has 2 aromatic heterocycles. The molecule has 0 spiro atoms. The quantitative estimate of drug-likeness (QED) is 0.414. The highest BCUT2D eigenvalue weighted by molar-refractivity contribution is 8.00. The molecule has 1 N–H and O–H groups in total. The van der Waals surface area contributed by atoms with Crippen molar-refractivity contribution < 1.29 is 14.3 Å². The highest BCUT2D eigenvalue weighted by Crippen LogP contribution is 2.32. The Hall–Kier alpha value is -2.59. The lowest BCUT2D eigenvalue weighted by Crippen LogP contribution is -2.23. The van der Waals surface area contributed by atoms with Crippen molar-refractivity contribution in [2.75, 3.05) is 12.4 Å². The van der Waals surface area contributed by atoms with Crippen LogP contribution in [0.2, 0.25) is 0 Å². The first kappa shape index (κ1) is 24.1. The van der Waals surface area contributed by atoms with Crippen molar-refractivity contribution in [2.24, 2.45) is 5.92 Å². The Morgan fingerprint density at radius 3 is 2.53 bits per heavy atom. The van der Waals surface area contributed by atoms with Crippen molar-refractivity contribution in [2.45, 2.75) is 57.7 Å². The summed E-state index contributed by atoms with van der Waals surface area (Å²) >= 11 is 2.79. The van der Waals surface area contributed by atoms with Crippen molar-refractivity contribution in [3.63, 3.8) is 0 Å². The molecule has 172 valence electrons. The maximum atomic E-state index is 12.7. The summed E-state index contributed by atoms with van der Waals surface area (Å²) in [5, 5.41) is 14.5. The third-order valence-corrected chi connectivity index (χ3v) is 6.49. The second-order valence-corrected chi connectivity index (χ2v) is 9.97. The summed E-state index contributed by atoms with van der Waals surface area (Å²) in [6.07, 6.45) is -0.352. The number of nitrogens with one attached hydrogen (secondary N) is 1. The van der Waals surface area contributed by atoms with Gasteiger partial charge in [0, 0.05) is 11.9 Å². The number of benzene rings is 1. The molecule has 3 aromatic rings. The van der Waals surface area contributed by atoms with Crippen LogP contribution in [0.15, 0.2) is 34.8 Å². The summed E-state index contributed by atoms with van der Waals surface area (Å²) in [6, 6.07) is 7.51. The van der Waals surface area contributed by atoms with E-state index in [9.17, 15) is 4.79 Å². The Kier molecular flexibility index (Phi) is 8.14. The Morgan fingerprint density at radius 2 is 1.91 bits per heavy atom. The number of nitrogens with zero attached hydrogens (tertiary/aromatic N) is 4. The number of aryl methyl sites for hydroxylation is 1. The number of carbonyl (C=O) groups is 1. The number of ether oxygens (including phenoxy) is 2. The molecular weight excluding hydrogens is 446 g/mol. The molecule has 1 amide bonds. The second-order valence-electron chi connectivity index (χ2n) is 7.80. The highest BCUT2D eigenvalue weighted by atomic mass is 32.2. The molecule has 0 saturated heterocycles. The van der Waals surface area contributed by atoms with Gasteiger partial charge in [-0.2, -0.15) is 0 Å². The van der Waals surface area contributed by atoms with Gasteiger partial charge in [-0.15, -0.1) is 21.5 Å². The number of thioether (sulfide) groups is 1. The molecule has 10 heteroatoms. The number of rotatable bonds is 10. The van der Waals surface area contributed by atoms with Crippen LogP contribution in [0.4, 0.5) is 5.13 Å². The lowest BCUT2D eigenvalue weighted by molar-refractivity contribution is -0.115. The number of hydrogen-bond donors (Lipinski definition) is 1. The van der Waals surface area contributed by atoms with Crippen molar-refractivity contribution in [1.29, 1.82) is 0 Å². The summed E-state index contributed by atoms with van der Waals surface area (Å²) in [7, 11) is 1.61. The van der Waals surface area contributed by atoms with Gasteiger partial charge in [0.15, 0.2) is 33.7 Å². The van der Waals surface area contributed by atoms with Gasteiger partial charge >= 0.3 is 0 Å². The van der Waals surface area contributed by atoms with Crippen LogP contribution in [0.3, 0.4) is 0 Å². The van der Waals surface area contributed by atoms with E-state index in [1.54, 1.807) is 7.11 Å². The van der Waals surface area contributed by atoms with E-state index in [0.29, 0.717) is 40.1 Å². The van der Waals surface area contributed by atoms with E-state index in [1.807, 2.05) is 55.0 Å². The Balaban J connectivity index is 1.77. The molecule has 0 bridgehead atoms. The van der Waals surface area contributed by atoms with E-state index >= 15 is 0 Å². The van der Waals surface area contributed by atoms with E-state index in [4.69, 9.17) is 9.47 Å². The van der Waals surface area contributed by atoms with E-state index in [-0.39, 0.29) is 17.3 Å². The van der Waals surface area contributed by atoms with Crippen LogP contribution >= 0.6 is 23.1 Å². The van der Waals surface area contributed by atoms with Crippen molar-refractivity contribution in [3.8, 4) is 11.5 Å². The molecule has 8 nitrogen and oxygen atoms in total. The summed E-state index contributed by atoms with van der Waals surface area (Å²) in [6.45, 7) is 10.7. The summed E-state index contributed by atoms with van der Waals surface area (Å²) in [4.78, 5) is 16.9. The fourth-order valence-electron chi connectivity index (χ4n) is 3.01. The lowest BCUT2D eigenvalue weighted by atomic mass is 10.2. The Morgan fingerprint density at radius 1 is 1.19 bits per heavy atom. The van der Waals surface area contributed by atoms with Crippen molar-refractivity contribution in [3.05, 3.63) is 41.2 Å². The first-order valence-electron chi connectivity index (χ1n) is 10.4. The first-order valence-corrected chi connectivity index (χ1v) is 12.2. The Labute approximate surface area is 196 Å². The number of thiazole rings is 1. The van der Waals surface area contributed by atoms with Crippen LogP contribution < -0.4 is 14.8 Å². The van der Waals surface area contributed by atoms with Gasteiger partial charge in [0.25, 0.3) is 0 Å². The van der Waals surface area contributed by atoms with Crippen molar-refractivity contribution >= 4 is 34.1 Å². The minimum Gasteiger partial charge on any atom is -0.493 e. The van der Waals surface area contributed by atoms with Gasteiger partial charge in [0.2, 0.25) is 5.91 Å². The van der Waals surface area contributed by atoms with Crippen LogP contribution in [0.1, 0.15) is 45.3 Å². The van der Waals surface area contributed by atoms with E-state index < -0.39 is 0 Å². The molecule has 3 rings (SSSR count). The van der Waals surface area contributed by atoms with E-state index in [2.05, 4.69) is 34.3 Å². The molecule has 0 fully saturated rings. The van der Waals surface area contributed by atoms with E-state index in [1.165, 1.54) is 23.1 Å². The molecule has 0 saturated carbocycles. The largest absolute Gasteiger partial charge is 0.493 e. The van der Waals surface area contributed by atoms with Gasteiger partial charge in [0.05, 0.1) is 18.1 Å². The second kappa shape index (κ2) is 10.8. The fourth-order valence-corrected chi connectivity index (χ4v) is 4.57. The maximum absolute atomic E-state index is 12.7. The molecule has 0 aliphatic rings. The van der Waals surface area contributed by atoms with E-state index in [0.717, 1.165) is 5.69 Å². The third kappa shape index (κ3) is 6.01. The minimum atomic E-state index is -0.368. The normalized spacial score (nSPS) is 13.1. The molecule has 0 aliphatic heterocycles. The highest BCUT2D eigenvalue weighted by Gasteiger charge is 2.25. The number of aromatic nitrogens is 4.